The van der Waals surface area contributed by atoms with Gasteiger partial charge in [0, 0.05) is 35.9 Å². The van der Waals surface area contributed by atoms with Gasteiger partial charge in [-0.2, -0.15) is 5.10 Å². The van der Waals surface area contributed by atoms with Crippen LogP contribution in [0.3, 0.4) is 0 Å². The van der Waals surface area contributed by atoms with Gasteiger partial charge in [0.05, 0.1) is 11.7 Å². The Kier molecular flexibility index (Phi) is 6.37. The Balaban J connectivity index is 1.43. The molecule has 176 valence electrons. The summed E-state index contributed by atoms with van der Waals surface area (Å²) < 4.78 is 0. The molecule has 1 fully saturated rings. The van der Waals surface area contributed by atoms with E-state index in [-0.39, 0.29) is 11.9 Å². The highest BCUT2D eigenvalue weighted by Crippen LogP contribution is 2.31. The number of nitrogens with one attached hydrogen (secondary N) is 5. The first-order valence-corrected chi connectivity index (χ1v) is 11.8. The second kappa shape index (κ2) is 9.74. The van der Waals surface area contributed by atoms with Gasteiger partial charge in [-0.25, -0.2) is 4.98 Å². The number of rotatable bonds is 7. The SMILES string of the molecule is CCNCc1cncc(-c2ccc3[nH]nc(-c4ncc(C(=O)NC5CCNCC5)[nH]4)c3c2)c1C. The predicted molar refractivity (Wildman–Crippen MR) is 132 cm³/mol. The Morgan fingerprint density at radius 3 is 2.85 bits per heavy atom. The number of pyridine rings is 1. The fourth-order valence-corrected chi connectivity index (χ4v) is 4.45. The van der Waals surface area contributed by atoms with Gasteiger partial charge in [0.25, 0.3) is 5.91 Å². The molecular formula is C25H30N8O. The van der Waals surface area contributed by atoms with Crippen molar-refractivity contribution in [2.24, 2.45) is 0 Å². The van der Waals surface area contributed by atoms with Gasteiger partial charge in [-0.3, -0.25) is 14.9 Å². The summed E-state index contributed by atoms with van der Waals surface area (Å²) in [6.45, 7) is 7.77. The van der Waals surface area contributed by atoms with E-state index < -0.39 is 0 Å². The van der Waals surface area contributed by atoms with Crippen molar-refractivity contribution >= 4 is 16.8 Å². The maximum absolute atomic E-state index is 12.7. The lowest BCUT2D eigenvalue weighted by atomic mass is 9.98. The second-order valence-corrected chi connectivity index (χ2v) is 8.73. The van der Waals surface area contributed by atoms with Crippen LogP contribution < -0.4 is 16.0 Å². The van der Waals surface area contributed by atoms with Gasteiger partial charge in [-0.1, -0.05) is 13.0 Å². The van der Waals surface area contributed by atoms with Crippen LogP contribution in [0.4, 0.5) is 0 Å². The van der Waals surface area contributed by atoms with Crippen LogP contribution in [0.2, 0.25) is 0 Å². The summed E-state index contributed by atoms with van der Waals surface area (Å²) in [5.41, 5.74) is 6.58. The van der Waals surface area contributed by atoms with Gasteiger partial charge in [0.2, 0.25) is 0 Å². The van der Waals surface area contributed by atoms with Gasteiger partial charge in [-0.05, 0) is 68.2 Å². The molecular weight excluding hydrogens is 428 g/mol. The van der Waals surface area contributed by atoms with Crippen molar-refractivity contribution < 1.29 is 4.79 Å². The maximum atomic E-state index is 12.7. The lowest BCUT2D eigenvalue weighted by Gasteiger charge is -2.23. The van der Waals surface area contributed by atoms with E-state index >= 15 is 0 Å². The number of H-pyrrole nitrogens is 2. The topological polar surface area (TPSA) is 123 Å². The number of carbonyl (C=O) groups is 1. The molecule has 5 N–H and O–H groups in total. The third-order valence-corrected chi connectivity index (χ3v) is 6.48. The van der Waals surface area contributed by atoms with Gasteiger partial charge in [0.1, 0.15) is 11.4 Å². The molecule has 0 unspecified atom stereocenters. The number of benzene rings is 1. The van der Waals surface area contributed by atoms with Crippen molar-refractivity contribution in [3.8, 4) is 22.6 Å². The molecule has 1 saturated heterocycles. The lowest BCUT2D eigenvalue weighted by Crippen LogP contribution is -2.42. The number of aromatic nitrogens is 5. The van der Waals surface area contributed by atoms with Crippen LogP contribution in [0.5, 0.6) is 0 Å². The van der Waals surface area contributed by atoms with E-state index in [1.54, 1.807) is 6.20 Å². The molecule has 1 aliphatic rings. The number of aromatic amines is 2. The molecule has 4 heterocycles. The summed E-state index contributed by atoms with van der Waals surface area (Å²) in [7, 11) is 0. The predicted octanol–water partition coefficient (Wildman–Crippen LogP) is 2.91. The Morgan fingerprint density at radius 2 is 2.03 bits per heavy atom. The first-order chi connectivity index (χ1) is 16.6. The number of carbonyl (C=O) groups excluding carboxylic acids is 1. The van der Waals surface area contributed by atoms with Crippen molar-refractivity contribution in [2.75, 3.05) is 19.6 Å². The van der Waals surface area contributed by atoms with Crippen molar-refractivity contribution in [1.82, 2.24) is 41.1 Å². The van der Waals surface area contributed by atoms with E-state index in [0.717, 1.165) is 61.1 Å². The largest absolute Gasteiger partial charge is 0.348 e. The zero-order chi connectivity index (χ0) is 23.5. The molecule has 3 aromatic heterocycles. The molecule has 1 amide bonds. The highest BCUT2D eigenvalue weighted by molar-refractivity contribution is 5.96. The molecule has 9 heteroatoms. The molecule has 0 radical (unpaired) electrons. The number of hydrogen-bond acceptors (Lipinski definition) is 6. The van der Waals surface area contributed by atoms with Crippen LogP contribution in [-0.4, -0.2) is 56.7 Å². The minimum Gasteiger partial charge on any atom is -0.348 e. The van der Waals surface area contributed by atoms with Gasteiger partial charge in [-0.15, -0.1) is 0 Å². The van der Waals surface area contributed by atoms with Crippen LogP contribution in [-0.2, 0) is 6.54 Å². The molecule has 0 bridgehead atoms. The van der Waals surface area contributed by atoms with Gasteiger partial charge >= 0.3 is 0 Å². The molecule has 0 aliphatic carbocycles. The fraction of sp³-hybridized carbons (Fsp3) is 0.360. The second-order valence-electron chi connectivity index (χ2n) is 8.73. The summed E-state index contributed by atoms with van der Waals surface area (Å²) >= 11 is 0. The smallest absolute Gasteiger partial charge is 0.269 e. The van der Waals surface area contributed by atoms with E-state index in [1.165, 1.54) is 11.1 Å². The minimum atomic E-state index is -0.134. The van der Waals surface area contributed by atoms with Crippen molar-refractivity contribution in [3.63, 3.8) is 0 Å². The first kappa shape index (κ1) is 22.2. The highest BCUT2D eigenvalue weighted by atomic mass is 16.2. The van der Waals surface area contributed by atoms with Crippen LogP contribution in [0.25, 0.3) is 33.5 Å². The molecule has 0 saturated carbocycles. The fourth-order valence-electron chi connectivity index (χ4n) is 4.45. The molecule has 9 nitrogen and oxygen atoms in total. The van der Waals surface area contributed by atoms with E-state index in [1.807, 2.05) is 18.5 Å². The first-order valence-electron chi connectivity index (χ1n) is 11.8. The molecule has 4 aromatic rings. The quantitative estimate of drug-likeness (QED) is 0.290. The van der Waals surface area contributed by atoms with Crippen LogP contribution in [0.1, 0.15) is 41.4 Å². The highest BCUT2D eigenvalue weighted by Gasteiger charge is 2.20. The average Bonchev–Trinajstić information content (AvgIpc) is 3.51. The van der Waals surface area contributed by atoms with Gasteiger partial charge < -0.3 is 20.9 Å². The van der Waals surface area contributed by atoms with Crippen molar-refractivity contribution in [3.05, 3.63) is 53.6 Å². The Morgan fingerprint density at radius 1 is 1.18 bits per heavy atom. The van der Waals surface area contributed by atoms with Gasteiger partial charge in [0.15, 0.2) is 5.82 Å². The number of hydrogen-bond donors (Lipinski definition) is 5. The summed E-state index contributed by atoms with van der Waals surface area (Å²) in [5.74, 6) is 0.431. The number of amides is 1. The number of nitrogens with zero attached hydrogens (tertiary/aromatic N) is 3. The summed E-state index contributed by atoms with van der Waals surface area (Å²) in [6, 6.07) is 6.39. The zero-order valence-electron chi connectivity index (χ0n) is 19.5. The lowest BCUT2D eigenvalue weighted by molar-refractivity contribution is 0.0925. The standard InChI is InChI=1S/C25H30N8O/c1-3-26-11-17-12-28-13-20(15(17)2)16-4-5-21-19(10-16)23(33-32-21)24-29-14-22(31-24)25(34)30-18-6-8-27-9-7-18/h4-5,10,12-14,18,26-27H,3,6-9,11H2,1-2H3,(H,29,31)(H,30,34)(H,32,33). The molecule has 34 heavy (non-hydrogen) atoms. The monoisotopic (exact) mass is 458 g/mol. The van der Waals surface area contributed by atoms with E-state index in [9.17, 15) is 4.79 Å². The molecule has 1 aromatic carbocycles. The Labute approximate surface area is 198 Å². The summed E-state index contributed by atoms with van der Waals surface area (Å²) in [6.07, 6.45) is 7.27. The number of fused-ring (bicyclic) bond motifs is 1. The normalized spacial score (nSPS) is 14.5. The van der Waals surface area contributed by atoms with Crippen molar-refractivity contribution in [1.29, 1.82) is 0 Å². The molecule has 5 rings (SSSR count). The molecule has 0 atom stereocenters. The van der Waals surface area contributed by atoms with E-state index in [4.69, 9.17) is 0 Å². The number of piperidine rings is 1. The number of imidazole rings is 1. The molecule has 0 spiro atoms. The van der Waals surface area contributed by atoms with Crippen LogP contribution >= 0.6 is 0 Å². The van der Waals surface area contributed by atoms with E-state index in [0.29, 0.717) is 17.2 Å². The summed E-state index contributed by atoms with van der Waals surface area (Å²) in [4.78, 5) is 24.8. The maximum Gasteiger partial charge on any atom is 0.269 e. The van der Waals surface area contributed by atoms with Crippen LogP contribution in [0, 0.1) is 6.92 Å². The average molecular weight is 459 g/mol. The Bertz CT molecular complexity index is 1300. The van der Waals surface area contributed by atoms with Crippen molar-refractivity contribution in [2.45, 2.75) is 39.3 Å². The van der Waals surface area contributed by atoms with Crippen LogP contribution in [0.15, 0.2) is 36.8 Å². The minimum absolute atomic E-state index is 0.134. The third kappa shape index (κ3) is 4.44. The third-order valence-electron chi connectivity index (χ3n) is 6.48. The molecule has 1 aliphatic heterocycles. The van der Waals surface area contributed by atoms with E-state index in [2.05, 4.69) is 67.1 Å². The zero-order valence-corrected chi connectivity index (χ0v) is 19.5. The Hall–Kier alpha value is -3.56. The summed E-state index contributed by atoms with van der Waals surface area (Å²) in [5, 5.41) is 18.3.